The summed E-state index contributed by atoms with van der Waals surface area (Å²) in [4.78, 5) is 10.6. The van der Waals surface area contributed by atoms with Gasteiger partial charge in [-0.25, -0.2) is 0 Å². The van der Waals surface area contributed by atoms with Crippen LogP contribution in [0.4, 0.5) is 0 Å². The molecule has 0 saturated heterocycles. The molecule has 1 aliphatic rings. The lowest BCUT2D eigenvalue weighted by Crippen LogP contribution is -2.24. The maximum absolute atomic E-state index is 10.6. The Balaban J connectivity index is 2.66. The van der Waals surface area contributed by atoms with E-state index in [0.29, 0.717) is 6.42 Å². The summed E-state index contributed by atoms with van der Waals surface area (Å²) in [5.74, 6) is -0.836. The third kappa shape index (κ3) is 2.07. The van der Waals surface area contributed by atoms with E-state index in [0.717, 1.165) is 6.42 Å². The highest BCUT2D eigenvalue weighted by Crippen LogP contribution is 2.33. The summed E-state index contributed by atoms with van der Waals surface area (Å²) in [5.41, 5.74) is 0.0707. The number of rotatable bonds is 1. The number of carboxylic acid groups (broad SMARTS) is 1. The van der Waals surface area contributed by atoms with Gasteiger partial charge in [-0.15, -0.1) is 0 Å². The molecule has 0 heterocycles. The van der Waals surface area contributed by atoms with E-state index in [2.05, 4.69) is 19.9 Å². The van der Waals surface area contributed by atoms with Crippen LogP contribution in [0.5, 0.6) is 0 Å². The van der Waals surface area contributed by atoms with E-state index in [1.165, 1.54) is 0 Å². The van der Waals surface area contributed by atoms with E-state index >= 15 is 0 Å². The Labute approximate surface area is 66.9 Å². The highest BCUT2D eigenvalue weighted by atomic mass is 16.4. The van der Waals surface area contributed by atoms with E-state index < -0.39 is 5.97 Å². The number of aliphatic carboxylic acids is 1. The molecule has 0 fully saturated rings. The first-order chi connectivity index (χ1) is 5.01. The standard InChI is InChI=1S/C9H14O2/c1-9(2)5-3-4-7(6-9)8(10)11/h3,5,7H,4,6H2,1-2H3,(H,10,11). The van der Waals surface area contributed by atoms with Crippen LogP contribution < -0.4 is 0 Å². The van der Waals surface area contributed by atoms with Crippen molar-refractivity contribution < 1.29 is 9.90 Å². The third-order valence-electron chi connectivity index (χ3n) is 2.11. The first kappa shape index (κ1) is 8.31. The van der Waals surface area contributed by atoms with Crippen LogP contribution in [0.1, 0.15) is 26.7 Å². The molecule has 1 unspecified atom stereocenters. The van der Waals surface area contributed by atoms with E-state index in [9.17, 15) is 4.79 Å². The zero-order chi connectivity index (χ0) is 8.48. The molecule has 0 amide bonds. The SMILES string of the molecule is CC1(C)C=CCC(C(=O)O)C1. The molecule has 0 aromatic heterocycles. The predicted molar refractivity (Wildman–Crippen MR) is 43.3 cm³/mol. The van der Waals surface area contributed by atoms with Gasteiger partial charge in [0.25, 0.3) is 0 Å². The summed E-state index contributed by atoms with van der Waals surface area (Å²) in [7, 11) is 0. The van der Waals surface area contributed by atoms with E-state index in [4.69, 9.17) is 5.11 Å². The van der Waals surface area contributed by atoms with E-state index in [1.807, 2.05) is 6.08 Å². The van der Waals surface area contributed by atoms with Gasteiger partial charge in [-0.1, -0.05) is 26.0 Å². The van der Waals surface area contributed by atoms with Gasteiger partial charge in [0.2, 0.25) is 0 Å². The van der Waals surface area contributed by atoms with Gasteiger partial charge >= 0.3 is 5.97 Å². The van der Waals surface area contributed by atoms with E-state index in [-0.39, 0.29) is 11.3 Å². The van der Waals surface area contributed by atoms with Gasteiger partial charge in [-0.3, -0.25) is 4.79 Å². The molecule has 1 atom stereocenters. The number of allylic oxidation sites excluding steroid dienone is 2. The predicted octanol–water partition coefficient (Wildman–Crippen LogP) is 2.06. The topological polar surface area (TPSA) is 37.3 Å². The summed E-state index contributed by atoms with van der Waals surface area (Å²) in [6.07, 6.45) is 5.53. The number of hydrogen-bond donors (Lipinski definition) is 1. The maximum Gasteiger partial charge on any atom is 0.306 e. The van der Waals surface area contributed by atoms with Crippen LogP contribution in [0.15, 0.2) is 12.2 Å². The van der Waals surface area contributed by atoms with Crippen molar-refractivity contribution in [1.29, 1.82) is 0 Å². The molecule has 0 spiro atoms. The molecule has 11 heavy (non-hydrogen) atoms. The average Bonchev–Trinajstić information content (AvgIpc) is 1.85. The van der Waals surface area contributed by atoms with Gasteiger partial charge in [0.15, 0.2) is 0 Å². The number of hydrogen-bond acceptors (Lipinski definition) is 1. The fourth-order valence-electron chi connectivity index (χ4n) is 1.53. The molecule has 0 bridgehead atoms. The van der Waals surface area contributed by atoms with Crippen LogP contribution in [-0.4, -0.2) is 11.1 Å². The monoisotopic (exact) mass is 154 g/mol. The van der Waals surface area contributed by atoms with Crippen LogP contribution in [0.3, 0.4) is 0 Å². The van der Waals surface area contributed by atoms with Gasteiger partial charge in [-0.2, -0.15) is 0 Å². The Morgan fingerprint density at radius 2 is 2.27 bits per heavy atom. The summed E-state index contributed by atoms with van der Waals surface area (Å²) < 4.78 is 0. The van der Waals surface area contributed by atoms with Gasteiger partial charge in [0.1, 0.15) is 0 Å². The normalized spacial score (nSPS) is 28.4. The molecule has 0 saturated carbocycles. The zero-order valence-electron chi connectivity index (χ0n) is 7.00. The minimum absolute atomic E-state index is 0.0707. The lowest BCUT2D eigenvalue weighted by molar-refractivity contribution is -0.142. The summed E-state index contributed by atoms with van der Waals surface area (Å²) in [6, 6.07) is 0. The Morgan fingerprint density at radius 1 is 1.64 bits per heavy atom. The Hall–Kier alpha value is -0.790. The summed E-state index contributed by atoms with van der Waals surface area (Å²) in [5, 5.41) is 8.74. The molecule has 1 N–H and O–H groups in total. The first-order valence-corrected chi connectivity index (χ1v) is 3.92. The molecule has 2 heteroatoms. The van der Waals surface area contributed by atoms with Crippen LogP contribution in [0.25, 0.3) is 0 Å². The van der Waals surface area contributed by atoms with Gasteiger partial charge in [0, 0.05) is 0 Å². The van der Waals surface area contributed by atoms with Crippen molar-refractivity contribution in [2.45, 2.75) is 26.7 Å². The largest absolute Gasteiger partial charge is 0.481 e. The number of carbonyl (C=O) groups is 1. The Morgan fingerprint density at radius 3 is 2.64 bits per heavy atom. The molecule has 0 aromatic rings. The molecule has 1 aliphatic carbocycles. The molecule has 0 aliphatic heterocycles. The molecule has 2 nitrogen and oxygen atoms in total. The fourth-order valence-corrected chi connectivity index (χ4v) is 1.53. The van der Waals surface area contributed by atoms with Crippen LogP contribution in [0.2, 0.25) is 0 Å². The van der Waals surface area contributed by atoms with Gasteiger partial charge in [-0.05, 0) is 18.3 Å². The second-order valence-corrected chi connectivity index (χ2v) is 3.87. The molecular formula is C9H14O2. The van der Waals surface area contributed by atoms with Crippen molar-refractivity contribution in [2.75, 3.05) is 0 Å². The van der Waals surface area contributed by atoms with E-state index in [1.54, 1.807) is 0 Å². The van der Waals surface area contributed by atoms with Gasteiger partial charge < -0.3 is 5.11 Å². The molecule has 0 radical (unpaired) electrons. The fraction of sp³-hybridized carbons (Fsp3) is 0.667. The average molecular weight is 154 g/mol. The van der Waals surface area contributed by atoms with Crippen molar-refractivity contribution in [3.63, 3.8) is 0 Å². The Kier molecular flexibility index (Phi) is 2.03. The molecule has 0 aromatic carbocycles. The lowest BCUT2D eigenvalue weighted by Gasteiger charge is -2.27. The van der Waals surface area contributed by atoms with Crippen LogP contribution in [-0.2, 0) is 4.79 Å². The van der Waals surface area contributed by atoms with Gasteiger partial charge in [0.05, 0.1) is 5.92 Å². The quantitative estimate of drug-likeness (QED) is 0.587. The second kappa shape index (κ2) is 2.68. The highest BCUT2D eigenvalue weighted by molar-refractivity contribution is 5.70. The van der Waals surface area contributed by atoms with Crippen molar-refractivity contribution in [3.05, 3.63) is 12.2 Å². The van der Waals surface area contributed by atoms with Crippen LogP contribution >= 0.6 is 0 Å². The lowest BCUT2D eigenvalue weighted by atomic mass is 9.77. The summed E-state index contributed by atoms with van der Waals surface area (Å²) >= 11 is 0. The smallest absolute Gasteiger partial charge is 0.306 e. The van der Waals surface area contributed by atoms with Crippen molar-refractivity contribution >= 4 is 5.97 Å². The summed E-state index contributed by atoms with van der Waals surface area (Å²) in [6.45, 7) is 4.14. The minimum Gasteiger partial charge on any atom is -0.481 e. The van der Waals surface area contributed by atoms with Crippen molar-refractivity contribution in [2.24, 2.45) is 11.3 Å². The zero-order valence-corrected chi connectivity index (χ0v) is 7.00. The first-order valence-electron chi connectivity index (χ1n) is 3.92. The second-order valence-electron chi connectivity index (χ2n) is 3.87. The van der Waals surface area contributed by atoms with Crippen molar-refractivity contribution in [3.8, 4) is 0 Å². The minimum atomic E-state index is -0.664. The van der Waals surface area contributed by atoms with Crippen molar-refractivity contribution in [1.82, 2.24) is 0 Å². The maximum atomic E-state index is 10.6. The highest BCUT2D eigenvalue weighted by Gasteiger charge is 2.27. The number of carboxylic acids is 1. The molecule has 1 rings (SSSR count). The van der Waals surface area contributed by atoms with Crippen LogP contribution in [0, 0.1) is 11.3 Å². The third-order valence-corrected chi connectivity index (χ3v) is 2.11. The molecule has 62 valence electrons. The Bertz CT molecular complexity index is 192. The molecular weight excluding hydrogens is 140 g/mol.